The van der Waals surface area contributed by atoms with E-state index in [4.69, 9.17) is 20.0 Å². The molecule has 0 spiro atoms. The Morgan fingerprint density at radius 1 is 1.32 bits per heavy atom. The molecule has 0 saturated carbocycles. The van der Waals surface area contributed by atoms with Gasteiger partial charge in [0, 0.05) is 88.7 Å². The number of aliphatic hydroxyl groups is 3. The molecule has 1 heterocycles. The predicted molar refractivity (Wildman–Crippen MR) is 63.0 cm³/mol. The summed E-state index contributed by atoms with van der Waals surface area (Å²) in [6, 6.07) is 0. The molecule has 0 bridgehead atoms. The van der Waals surface area contributed by atoms with E-state index in [9.17, 15) is 14.5 Å². The van der Waals surface area contributed by atoms with Crippen molar-refractivity contribution in [2.75, 3.05) is 6.61 Å². The first-order valence-electron chi connectivity index (χ1n) is 3.94. The normalized spacial score (nSPS) is 19.6. The molecule has 95 valence electrons. The zero-order valence-electron chi connectivity index (χ0n) is 10.7. The third-order valence-corrected chi connectivity index (χ3v) is 2.09. The zero-order valence-corrected chi connectivity index (χ0v) is 17.6. The molecule has 0 aromatic carbocycles. The predicted octanol–water partition coefficient (Wildman–Crippen LogP) is -3.00. The van der Waals surface area contributed by atoms with Gasteiger partial charge in [0.1, 0.15) is 6.10 Å². The Morgan fingerprint density at radius 3 is 2.16 bits per heavy atom. The Labute approximate surface area is 174 Å². The maximum Gasteiger partial charge on any atom is 0.525 e. The number of carbonyl (C=O) groups excluding carboxylic acids is 1. The average molecular weight is 325 g/mol. The number of cyclic esters (lactones) is 1. The minimum absolute atomic E-state index is 0. The van der Waals surface area contributed by atoms with Crippen molar-refractivity contribution in [3.05, 3.63) is 11.5 Å². The Kier molecular flexibility index (Phi) is 14.4. The summed E-state index contributed by atoms with van der Waals surface area (Å²) in [5.41, 5.74) is 0. The molecule has 1 aliphatic heterocycles. The maximum atomic E-state index is 11.0. The van der Waals surface area contributed by atoms with Gasteiger partial charge in [-0.3, -0.25) is 9.79 Å². The van der Waals surface area contributed by atoms with Gasteiger partial charge in [-0.2, -0.15) is 0 Å². The SMILES string of the molecule is O=C1OC(C(O)CO)C(O)=C1OP(=O)(O)O.[Na].[Na].[Na]. The van der Waals surface area contributed by atoms with Crippen LogP contribution in [0.25, 0.3) is 0 Å². The molecule has 2 unspecified atom stereocenters. The van der Waals surface area contributed by atoms with E-state index < -0.39 is 44.1 Å². The number of carbonyl (C=O) groups is 1. The Morgan fingerprint density at radius 2 is 1.79 bits per heavy atom. The Balaban J connectivity index is -0.000000853. The van der Waals surface area contributed by atoms with Crippen molar-refractivity contribution >= 4 is 102 Å². The Bertz CT molecular complexity index is 380. The molecule has 0 aromatic rings. The van der Waals surface area contributed by atoms with Crippen molar-refractivity contribution in [2.24, 2.45) is 0 Å². The van der Waals surface area contributed by atoms with Gasteiger partial charge in [0.2, 0.25) is 0 Å². The van der Waals surface area contributed by atoms with Gasteiger partial charge in [-0.25, -0.2) is 9.36 Å². The summed E-state index contributed by atoms with van der Waals surface area (Å²) in [6.45, 7) is -0.814. The Hall–Kier alpha value is 1.88. The largest absolute Gasteiger partial charge is 0.525 e. The second kappa shape index (κ2) is 10.6. The molecular formula is C6H9Na3O9P. The molecule has 3 radical (unpaired) electrons. The fourth-order valence-corrected chi connectivity index (χ4v) is 1.42. The number of phosphoric ester groups is 1. The van der Waals surface area contributed by atoms with E-state index >= 15 is 0 Å². The minimum Gasteiger partial charge on any atom is -0.505 e. The van der Waals surface area contributed by atoms with Crippen LogP contribution in [0.4, 0.5) is 0 Å². The summed E-state index contributed by atoms with van der Waals surface area (Å²) in [4.78, 5) is 27.8. The quantitative estimate of drug-likeness (QED) is 0.207. The van der Waals surface area contributed by atoms with Crippen LogP contribution in [-0.4, -0.2) is 139 Å². The summed E-state index contributed by atoms with van der Waals surface area (Å²) in [6.07, 6.45) is -3.21. The third kappa shape index (κ3) is 7.62. The van der Waals surface area contributed by atoms with Crippen molar-refractivity contribution in [1.29, 1.82) is 0 Å². The van der Waals surface area contributed by atoms with Crippen LogP contribution in [0.2, 0.25) is 0 Å². The topological polar surface area (TPSA) is 154 Å². The molecule has 0 aliphatic carbocycles. The van der Waals surface area contributed by atoms with Gasteiger partial charge in [-0.05, 0) is 0 Å². The fourth-order valence-electron chi connectivity index (χ4n) is 1.02. The van der Waals surface area contributed by atoms with E-state index in [2.05, 4.69) is 9.26 Å². The number of rotatable bonds is 4. The van der Waals surface area contributed by atoms with Crippen LogP contribution < -0.4 is 0 Å². The summed E-state index contributed by atoms with van der Waals surface area (Å²) in [5.74, 6) is -3.39. The summed E-state index contributed by atoms with van der Waals surface area (Å²) in [7, 11) is -5.02. The molecule has 0 amide bonds. The van der Waals surface area contributed by atoms with Crippen molar-refractivity contribution < 1.29 is 43.7 Å². The smallest absolute Gasteiger partial charge is 0.505 e. The molecule has 1 rings (SSSR count). The molecular weight excluding hydrogens is 316 g/mol. The molecule has 5 N–H and O–H groups in total. The van der Waals surface area contributed by atoms with Gasteiger partial charge in [0.15, 0.2) is 11.9 Å². The van der Waals surface area contributed by atoms with E-state index in [1.807, 2.05) is 0 Å². The maximum absolute atomic E-state index is 11.0. The van der Waals surface area contributed by atoms with Crippen molar-refractivity contribution in [3.63, 3.8) is 0 Å². The van der Waals surface area contributed by atoms with Gasteiger partial charge in [0.25, 0.3) is 5.76 Å². The average Bonchev–Trinajstić information content (AvgIpc) is 2.42. The van der Waals surface area contributed by atoms with Gasteiger partial charge >= 0.3 is 13.8 Å². The van der Waals surface area contributed by atoms with Crippen molar-refractivity contribution in [1.82, 2.24) is 0 Å². The standard InChI is InChI=1S/C6H9O9P.3Na/c7-1-2(8)4-3(9)5(6(10)14-4)15-16(11,12)13;;;/h2,4,7-9H,1H2,(H2,11,12,13);;;. The number of ether oxygens (including phenoxy) is 1. The number of esters is 1. The summed E-state index contributed by atoms with van der Waals surface area (Å²) in [5, 5.41) is 26.9. The second-order valence-corrected chi connectivity index (χ2v) is 4.04. The molecule has 0 fully saturated rings. The third-order valence-electron chi connectivity index (χ3n) is 1.67. The van der Waals surface area contributed by atoms with E-state index in [0.717, 1.165) is 0 Å². The van der Waals surface area contributed by atoms with Crippen molar-refractivity contribution in [3.8, 4) is 0 Å². The molecule has 0 aromatic heterocycles. The monoisotopic (exact) mass is 325 g/mol. The summed E-state index contributed by atoms with van der Waals surface area (Å²) >= 11 is 0. The first-order chi connectivity index (χ1) is 7.26. The van der Waals surface area contributed by atoms with E-state index in [1.165, 1.54) is 0 Å². The van der Waals surface area contributed by atoms with Crippen LogP contribution in [0.3, 0.4) is 0 Å². The van der Waals surface area contributed by atoms with Crippen LogP contribution in [0.15, 0.2) is 11.5 Å². The number of aliphatic hydroxyl groups excluding tert-OH is 3. The van der Waals surface area contributed by atoms with Gasteiger partial charge < -0.3 is 24.6 Å². The minimum atomic E-state index is -5.02. The summed E-state index contributed by atoms with van der Waals surface area (Å²) < 4.78 is 18.7. The fraction of sp³-hybridized carbons (Fsp3) is 0.500. The van der Waals surface area contributed by atoms with Crippen LogP contribution >= 0.6 is 7.82 Å². The molecule has 2 atom stereocenters. The molecule has 13 heteroatoms. The van der Waals surface area contributed by atoms with Crippen LogP contribution in [0.5, 0.6) is 0 Å². The molecule has 0 saturated heterocycles. The molecule has 9 nitrogen and oxygen atoms in total. The number of phosphoric acid groups is 1. The van der Waals surface area contributed by atoms with E-state index in [0.29, 0.717) is 0 Å². The van der Waals surface area contributed by atoms with Gasteiger partial charge in [-0.1, -0.05) is 0 Å². The first kappa shape index (κ1) is 25.8. The van der Waals surface area contributed by atoms with Crippen molar-refractivity contribution in [2.45, 2.75) is 12.2 Å². The van der Waals surface area contributed by atoms with E-state index in [-0.39, 0.29) is 88.7 Å². The number of hydrogen-bond acceptors (Lipinski definition) is 7. The van der Waals surface area contributed by atoms with Crippen LogP contribution in [-0.2, 0) is 18.6 Å². The van der Waals surface area contributed by atoms with Gasteiger partial charge in [-0.15, -0.1) is 0 Å². The van der Waals surface area contributed by atoms with Crippen LogP contribution in [0.1, 0.15) is 0 Å². The van der Waals surface area contributed by atoms with Crippen LogP contribution in [0, 0.1) is 0 Å². The second-order valence-electron chi connectivity index (χ2n) is 2.87. The molecule has 1 aliphatic rings. The molecule has 19 heavy (non-hydrogen) atoms. The zero-order chi connectivity index (χ0) is 12.5. The van der Waals surface area contributed by atoms with Gasteiger partial charge in [0.05, 0.1) is 6.61 Å². The first-order valence-corrected chi connectivity index (χ1v) is 5.47. The van der Waals surface area contributed by atoms with E-state index in [1.54, 1.807) is 0 Å². The number of hydrogen-bond donors (Lipinski definition) is 5.